The Bertz CT molecular complexity index is 1080. The van der Waals surface area contributed by atoms with Crippen molar-refractivity contribution >= 4 is 28.1 Å². The molecule has 0 atom stereocenters. The molecule has 0 amide bonds. The van der Waals surface area contributed by atoms with Gasteiger partial charge in [0.15, 0.2) is 5.82 Å². The van der Waals surface area contributed by atoms with Crippen LogP contribution in [0.3, 0.4) is 0 Å². The summed E-state index contributed by atoms with van der Waals surface area (Å²) in [7, 11) is 0. The van der Waals surface area contributed by atoms with Gasteiger partial charge in [0.05, 0.1) is 5.52 Å². The van der Waals surface area contributed by atoms with Crippen molar-refractivity contribution in [2.45, 2.75) is 0 Å². The molecule has 1 aromatic heterocycles. The number of fused-ring (bicyclic) bond motifs is 4. The molecular formula is C20H14N4. The Morgan fingerprint density at radius 3 is 2.42 bits per heavy atom. The Hall–Kier alpha value is -3.40. The highest BCUT2D eigenvalue weighted by molar-refractivity contribution is 6.17. The molecule has 1 aliphatic rings. The Labute approximate surface area is 139 Å². The van der Waals surface area contributed by atoms with E-state index in [0.29, 0.717) is 0 Å². The molecule has 0 saturated heterocycles. The molecule has 0 spiro atoms. The second kappa shape index (κ2) is 5.06. The summed E-state index contributed by atoms with van der Waals surface area (Å²) < 4.78 is 0. The van der Waals surface area contributed by atoms with Crippen LogP contribution in [0, 0.1) is 0 Å². The number of nitrogens with one attached hydrogen (secondary N) is 1. The number of hydrogen-bond donors (Lipinski definition) is 1. The zero-order valence-electron chi connectivity index (χ0n) is 12.8. The van der Waals surface area contributed by atoms with E-state index >= 15 is 0 Å². The van der Waals surface area contributed by atoms with Crippen LogP contribution >= 0.6 is 0 Å². The van der Waals surface area contributed by atoms with E-state index in [4.69, 9.17) is 5.10 Å². The predicted octanol–water partition coefficient (Wildman–Crippen LogP) is 4.39. The van der Waals surface area contributed by atoms with Crippen LogP contribution < -0.4 is 5.32 Å². The van der Waals surface area contributed by atoms with Crippen molar-refractivity contribution < 1.29 is 0 Å². The van der Waals surface area contributed by atoms with E-state index in [1.54, 1.807) is 4.79 Å². The number of para-hydroxylation sites is 1. The van der Waals surface area contributed by atoms with E-state index < -0.39 is 0 Å². The van der Waals surface area contributed by atoms with Gasteiger partial charge in [0.25, 0.3) is 0 Å². The van der Waals surface area contributed by atoms with Gasteiger partial charge in [0.1, 0.15) is 5.71 Å². The number of anilines is 2. The third-order valence-electron chi connectivity index (χ3n) is 4.24. The third-order valence-corrected chi connectivity index (χ3v) is 4.24. The molecule has 0 saturated carbocycles. The minimum atomic E-state index is 0.893. The lowest BCUT2D eigenvalue weighted by Crippen LogP contribution is -2.05. The normalized spacial score (nSPS) is 12.8. The first kappa shape index (κ1) is 13.1. The van der Waals surface area contributed by atoms with E-state index in [2.05, 4.69) is 40.7 Å². The number of hydrogen-bond acceptors (Lipinski definition) is 3. The van der Waals surface area contributed by atoms with Gasteiger partial charge in [0.2, 0.25) is 0 Å². The number of nitrogens with zero attached hydrogens (tertiary/aromatic N) is 3. The minimum absolute atomic E-state index is 0.893. The van der Waals surface area contributed by atoms with Gasteiger partial charge in [-0.1, -0.05) is 60.7 Å². The molecule has 1 N–H and O–H groups in total. The van der Waals surface area contributed by atoms with Crippen LogP contribution in [0.15, 0.2) is 84.0 Å². The second-order valence-corrected chi connectivity index (χ2v) is 5.74. The molecule has 114 valence electrons. The first-order valence-electron chi connectivity index (χ1n) is 7.89. The first-order chi connectivity index (χ1) is 11.9. The van der Waals surface area contributed by atoms with Gasteiger partial charge >= 0.3 is 0 Å². The fraction of sp³-hybridized carbons (Fsp3) is 0. The summed E-state index contributed by atoms with van der Waals surface area (Å²) in [5, 5.41) is 14.1. The Balaban J connectivity index is 1.84. The van der Waals surface area contributed by atoms with Crippen LogP contribution in [0.25, 0.3) is 10.9 Å². The predicted molar refractivity (Wildman–Crippen MR) is 96.9 cm³/mol. The van der Waals surface area contributed by atoms with Crippen LogP contribution in [0.4, 0.5) is 11.5 Å². The topological polar surface area (TPSA) is 42.2 Å². The highest BCUT2D eigenvalue weighted by Crippen LogP contribution is 2.32. The smallest absolute Gasteiger partial charge is 0.162 e. The second-order valence-electron chi connectivity index (χ2n) is 5.74. The zero-order chi connectivity index (χ0) is 15.9. The van der Waals surface area contributed by atoms with Crippen LogP contribution in [-0.2, 0) is 0 Å². The average Bonchev–Trinajstić information content (AvgIpc) is 2.89. The summed E-state index contributed by atoms with van der Waals surface area (Å²) in [6, 6.07) is 26.5. The van der Waals surface area contributed by atoms with Crippen molar-refractivity contribution in [2.24, 2.45) is 5.10 Å². The molecule has 0 bridgehead atoms. The van der Waals surface area contributed by atoms with Gasteiger partial charge in [-0.2, -0.15) is 0 Å². The van der Waals surface area contributed by atoms with Gasteiger partial charge in [-0.05, 0) is 18.2 Å². The molecule has 4 nitrogen and oxygen atoms in total. The lowest BCUT2D eigenvalue weighted by atomic mass is 10.0. The molecular weight excluding hydrogens is 296 g/mol. The summed E-state index contributed by atoms with van der Waals surface area (Å²) >= 11 is 0. The SMILES string of the molecule is c1ccc(C2=Nn3nc4ccccc4c3Nc3ccccc32)cc1. The molecule has 3 aromatic carbocycles. The maximum absolute atomic E-state index is 4.85. The Morgan fingerprint density at radius 1 is 0.750 bits per heavy atom. The molecule has 24 heavy (non-hydrogen) atoms. The largest absolute Gasteiger partial charge is 0.338 e. The van der Waals surface area contributed by atoms with Gasteiger partial charge in [-0.15, -0.1) is 15.0 Å². The van der Waals surface area contributed by atoms with Gasteiger partial charge in [-0.25, -0.2) is 0 Å². The van der Waals surface area contributed by atoms with Crippen molar-refractivity contribution in [1.82, 2.24) is 9.89 Å². The zero-order valence-corrected chi connectivity index (χ0v) is 12.8. The minimum Gasteiger partial charge on any atom is -0.338 e. The van der Waals surface area contributed by atoms with E-state index in [1.165, 1.54) is 0 Å². The Morgan fingerprint density at radius 2 is 1.50 bits per heavy atom. The van der Waals surface area contributed by atoms with Crippen LogP contribution in [0.5, 0.6) is 0 Å². The summed E-state index contributed by atoms with van der Waals surface area (Å²) in [5.74, 6) is 0.893. The summed E-state index contributed by atoms with van der Waals surface area (Å²) in [6.45, 7) is 0. The average molecular weight is 310 g/mol. The van der Waals surface area contributed by atoms with Crippen LogP contribution in [-0.4, -0.2) is 15.6 Å². The van der Waals surface area contributed by atoms with Gasteiger partial charge < -0.3 is 5.32 Å². The molecule has 0 fully saturated rings. The van der Waals surface area contributed by atoms with E-state index in [0.717, 1.165) is 39.2 Å². The van der Waals surface area contributed by atoms with E-state index in [-0.39, 0.29) is 0 Å². The molecule has 4 aromatic rings. The van der Waals surface area contributed by atoms with Crippen molar-refractivity contribution in [1.29, 1.82) is 0 Å². The van der Waals surface area contributed by atoms with Crippen molar-refractivity contribution in [3.8, 4) is 0 Å². The fourth-order valence-corrected chi connectivity index (χ4v) is 3.09. The third kappa shape index (κ3) is 1.93. The lowest BCUT2D eigenvalue weighted by Gasteiger charge is -2.09. The molecule has 0 aliphatic carbocycles. The standard InChI is InChI=1S/C20H14N4/c1-2-8-14(9-3-1)19-15-10-4-6-12-17(15)21-20-16-11-5-7-13-18(16)22-24(20)23-19/h1-13,21H. The first-order valence-corrected chi connectivity index (χ1v) is 7.89. The van der Waals surface area contributed by atoms with Gasteiger partial charge in [-0.3, -0.25) is 0 Å². The molecule has 0 radical (unpaired) electrons. The summed E-state index contributed by atoms with van der Waals surface area (Å²) in [4.78, 5) is 1.70. The Kier molecular flexibility index (Phi) is 2.76. The molecule has 0 unspecified atom stereocenters. The monoisotopic (exact) mass is 310 g/mol. The highest BCUT2D eigenvalue weighted by Gasteiger charge is 2.20. The van der Waals surface area contributed by atoms with Crippen LogP contribution in [0.1, 0.15) is 11.1 Å². The molecule has 4 heteroatoms. The quantitative estimate of drug-likeness (QED) is 0.499. The summed E-state index contributed by atoms with van der Waals surface area (Å²) in [5.41, 5.74) is 5.00. The van der Waals surface area contributed by atoms with Crippen molar-refractivity contribution in [3.63, 3.8) is 0 Å². The van der Waals surface area contributed by atoms with Crippen molar-refractivity contribution in [3.05, 3.63) is 90.0 Å². The lowest BCUT2D eigenvalue weighted by molar-refractivity contribution is 0.764. The van der Waals surface area contributed by atoms with Crippen LogP contribution in [0.2, 0.25) is 0 Å². The van der Waals surface area contributed by atoms with E-state index in [9.17, 15) is 0 Å². The number of rotatable bonds is 1. The summed E-state index contributed by atoms with van der Waals surface area (Å²) in [6.07, 6.45) is 0. The molecule has 1 aliphatic heterocycles. The maximum Gasteiger partial charge on any atom is 0.162 e. The highest BCUT2D eigenvalue weighted by atomic mass is 15.5. The molecule has 5 rings (SSSR count). The van der Waals surface area contributed by atoms with E-state index in [1.807, 2.05) is 48.5 Å². The maximum atomic E-state index is 4.85. The van der Waals surface area contributed by atoms with Crippen molar-refractivity contribution in [2.75, 3.05) is 5.32 Å². The molecule has 2 heterocycles. The number of aromatic nitrogens is 2. The van der Waals surface area contributed by atoms with Gasteiger partial charge in [0, 0.05) is 22.2 Å². The fourth-order valence-electron chi connectivity index (χ4n) is 3.09. The number of benzene rings is 3.